The maximum atomic E-state index is 11.4. The first-order valence-corrected chi connectivity index (χ1v) is 5.84. The fourth-order valence-electron chi connectivity index (χ4n) is 1.15. The highest BCUT2D eigenvalue weighted by Gasteiger charge is 2.19. The van der Waals surface area contributed by atoms with Crippen molar-refractivity contribution in [2.75, 3.05) is 33.9 Å². The summed E-state index contributed by atoms with van der Waals surface area (Å²) in [5, 5.41) is 13.7. The van der Waals surface area contributed by atoms with Crippen molar-refractivity contribution in [2.45, 2.75) is 25.9 Å². The highest BCUT2D eigenvalue weighted by atomic mass is 16.5. The minimum absolute atomic E-state index is 0.0609. The maximum Gasteiger partial charge on any atom is 0.328 e. The molecule has 0 aliphatic carbocycles. The Hall–Kier alpha value is -1.34. The van der Waals surface area contributed by atoms with E-state index < -0.39 is 18.0 Å². The van der Waals surface area contributed by atoms with Gasteiger partial charge in [0.2, 0.25) is 0 Å². The number of rotatable bonds is 8. The van der Waals surface area contributed by atoms with Crippen LogP contribution in [0.3, 0.4) is 0 Å². The van der Waals surface area contributed by atoms with Crippen molar-refractivity contribution in [1.82, 2.24) is 15.5 Å². The number of carboxylic acids is 1. The van der Waals surface area contributed by atoms with Gasteiger partial charge < -0.3 is 25.4 Å². The number of methoxy groups -OCH3 is 1. The highest BCUT2D eigenvalue weighted by molar-refractivity contribution is 5.82. The van der Waals surface area contributed by atoms with E-state index in [2.05, 4.69) is 29.4 Å². The number of urea groups is 1. The molecule has 0 rings (SSSR count). The van der Waals surface area contributed by atoms with Gasteiger partial charge >= 0.3 is 12.0 Å². The number of likely N-dealkylation sites (N-methyl/N-ethyl adjacent to an activating group) is 1. The Kier molecular flexibility index (Phi) is 8.06. The third-order valence-electron chi connectivity index (χ3n) is 2.57. The largest absolute Gasteiger partial charge is 0.480 e. The highest BCUT2D eigenvalue weighted by Crippen LogP contribution is 1.91. The molecule has 0 aromatic heterocycles. The Morgan fingerprint density at radius 2 is 2.00 bits per heavy atom. The topological polar surface area (TPSA) is 90.9 Å². The number of hydrogen-bond acceptors (Lipinski definition) is 4. The zero-order chi connectivity index (χ0) is 14.1. The molecule has 0 saturated heterocycles. The molecule has 0 aliphatic rings. The van der Waals surface area contributed by atoms with Crippen molar-refractivity contribution in [3.05, 3.63) is 0 Å². The van der Waals surface area contributed by atoms with E-state index in [1.54, 1.807) is 0 Å². The SMILES string of the molecule is COCC(NC(=O)NCCN(C)C(C)C)C(=O)O. The number of ether oxygens (including phenoxy) is 1. The van der Waals surface area contributed by atoms with Gasteiger partial charge in [-0.15, -0.1) is 0 Å². The van der Waals surface area contributed by atoms with E-state index in [0.29, 0.717) is 19.1 Å². The van der Waals surface area contributed by atoms with Crippen molar-refractivity contribution in [2.24, 2.45) is 0 Å². The Morgan fingerprint density at radius 3 is 2.44 bits per heavy atom. The van der Waals surface area contributed by atoms with E-state index in [1.807, 2.05) is 7.05 Å². The number of nitrogens with one attached hydrogen (secondary N) is 2. The molecule has 106 valence electrons. The normalized spacial score (nSPS) is 12.6. The molecule has 0 bridgehead atoms. The first-order chi connectivity index (χ1) is 8.38. The molecule has 7 heteroatoms. The van der Waals surface area contributed by atoms with Crippen LogP contribution in [-0.2, 0) is 9.53 Å². The van der Waals surface area contributed by atoms with Crippen LogP contribution < -0.4 is 10.6 Å². The van der Waals surface area contributed by atoms with Crippen molar-refractivity contribution < 1.29 is 19.4 Å². The van der Waals surface area contributed by atoms with Gasteiger partial charge in [-0.3, -0.25) is 0 Å². The fourth-order valence-corrected chi connectivity index (χ4v) is 1.15. The zero-order valence-electron chi connectivity index (χ0n) is 11.4. The average Bonchev–Trinajstić information content (AvgIpc) is 2.27. The summed E-state index contributed by atoms with van der Waals surface area (Å²) in [5.74, 6) is -1.12. The van der Waals surface area contributed by atoms with E-state index in [1.165, 1.54) is 7.11 Å². The summed E-state index contributed by atoms with van der Waals surface area (Å²) in [7, 11) is 3.34. The lowest BCUT2D eigenvalue weighted by atomic mass is 10.3. The number of aliphatic carboxylic acids is 1. The number of carbonyl (C=O) groups excluding carboxylic acids is 1. The van der Waals surface area contributed by atoms with Crippen LogP contribution in [0.25, 0.3) is 0 Å². The molecule has 18 heavy (non-hydrogen) atoms. The Labute approximate surface area is 107 Å². The van der Waals surface area contributed by atoms with Gasteiger partial charge in [0.05, 0.1) is 6.61 Å². The van der Waals surface area contributed by atoms with Crippen LogP contribution in [0.15, 0.2) is 0 Å². The molecule has 0 fully saturated rings. The fraction of sp³-hybridized carbons (Fsp3) is 0.818. The summed E-state index contributed by atoms with van der Waals surface area (Å²) in [5.41, 5.74) is 0. The molecule has 0 heterocycles. The predicted octanol–water partition coefficient (Wildman–Crippen LogP) is -0.275. The second-order valence-corrected chi connectivity index (χ2v) is 4.32. The number of nitrogens with zero attached hydrogens (tertiary/aromatic N) is 1. The van der Waals surface area contributed by atoms with Crippen LogP contribution in [0, 0.1) is 0 Å². The Balaban J connectivity index is 3.92. The summed E-state index contributed by atoms with van der Waals surface area (Å²) in [6.45, 7) is 5.21. The summed E-state index contributed by atoms with van der Waals surface area (Å²) in [4.78, 5) is 24.3. The van der Waals surface area contributed by atoms with Crippen molar-refractivity contribution in [3.8, 4) is 0 Å². The zero-order valence-corrected chi connectivity index (χ0v) is 11.4. The minimum atomic E-state index is -1.12. The van der Waals surface area contributed by atoms with Crippen LogP contribution in [-0.4, -0.2) is 67.9 Å². The molecule has 0 aromatic rings. The quantitative estimate of drug-likeness (QED) is 0.559. The van der Waals surface area contributed by atoms with Gasteiger partial charge in [-0.25, -0.2) is 9.59 Å². The van der Waals surface area contributed by atoms with Gasteiger partial charge in [0.15, 0.2) is 6.04 Å². The van der Waals surface area contributed by atoms with Gasteiger partial charge in [-0.2, -0.15) is 0 Å². The van der Waals surface area contributed by atoms with E-state index in [-0.39, 0.29) is 6.61 Å². The van der Waals surface area contributed by atoms with Crippen LogP contribution in [0.5, 0.6) is 0 Å². The standard InChI is InChI=1S/C11H23N3O4/c1-8(2)14(3)6-5-12-11(17)13-9(7-18-4)10(15)16/h8-9H,5-7H2,1-4H3,(H,15,16)(H2,12,13,17). The summed E-state index contributed by atoms with van der Waals surface area (Å²) in [6, 6.07) is -1.13. The average molecular weight is 261 g/mol. The van der Waals surface area contributed by atoms with Crippen LogP contribution in [0.2, 0.25) is 0 Å². The molecule has 2 amide bonds. The molecule has 1 unspecified atom stereocenters. The van der Waals surface area contributed by atoms with E-state index in [9.17, 15) is 9.59 Å². The lowest BCUT2D eigenvalue weighted by Crippen LogP contribution is -2.49. The van der Waals surface area contributed by atoms with Crippen LogP contribution in [0.4, 0.5) is 4.79 Å². The predicted molar refractivity (Wildman–Crippen MR) is 67.6 cm³/mol. The summed E-state index contributed by atoms with van der Waals surface area (Å²) < 4.78 is 4.71. The molecule has 0 saturated carbocycles. The molecular weight excluding hydrogens is 238 g/mol. The molecule has 1 atom stereocenters. The van der Waals surface area contributed by atoms with Crippen LogP contribution >= 0.6 is 0 Å². The van der Waals surface area contributed by atoms with Gasteiger partial charge in [0.25, 0.3) is 0 Å². The Morgan fingerprint density at radius 1 is 1.39 bits per heavy atom. The van der Waals surface area contributed by atoms with Gasteiger partial charge in [0, 0.05) is 26.2 Å². The van der Waals surface area contributed by atoms with E-state index in [0.717, 1.165) is 0 Å². The number of carbonyl (C=O) groups is 2. The number of carboxylic acid groups (broad SMARTS) is 1. The first kappa shape index (κ1) is 16.7. The summed E-state index contributed by atoms with van der Waals surface area (Å²) >= 11 is 0. The molecule has 3 N–H and O–H groups in total. The number of amides is 2. The van der Waals surface area contributed by atoms with Crippen molar-refractivity contribution >= 4 is 12.0 Å². The molecule has 0 radical (unpaired) electrons. The maximum absolute atomic E-state index is 11.4. The minimum Gasteiger partial charge on any atom is -0.480 e. The van der Waals surface area contributed by atoms with Crippen molar-refractivity contribution in [3.63, 3.8) is 0 Å². The van der Waals surface area contributed by atoms with Crippen LogP contribution in [0.1, 0.15) is 13.8 Å². The van der Waals surface area contributed by atoms with E-state index >= 15 is 0 Å². The Bertz CT molecular complexity index is 271. The molecule has 7 nitrogen and oxygen atoms in total. The van der Waals surface area contributed by atoms with Crippen molar-refractivity contribution in [1.29, 1.82) is 0 Å². The van der Waals surface area contributed by atoms with Gasteiger partial charge in [-0.1, -0.05) is 0 Å². The molecular formula is C11H23N3O4. The lowest BCUT2D eigenvalue weighted by molar-refractivity contribution is -0.140. The smallest absolute Gasteiger partial charge is 0.328 e. The van der Waals surface area contributed by atoms with Gasteiger partial charge in [-0.05, 0) is 20.9 Å². The number of hydrogen-bond donors (Lipinski definition) is 3. The molecule has 0 aliphatic heterocycles. The third-order valence-corrected chi connectivity index (χ3v) is 2.57. The third kappa shape index (κ3) is 7.08. The second kappa shape index (κ2) is 8.71. The molecule has 0 spiro atoms. The molecule has 0 aromatic carbocycles. The summed E-state index contributed by atoms with van der Waals surface area (Å²) in [6.07, 6.45) is 0. The van der Waals surface area contributed by atoms with Gasteiger partial charge in [0.1, 0.15) is 0 Å². The van der Waals surface area contributed by atoms with E-state index in [4.69, 9.17) is 9.84 Å². The second-order valence-electron chi connectivity index (χ2n) is 4.32. The first-order valence-electron chi connectivity index (χ1n) is 5.84. The monoisotopic (exact) mass is 261 g/mol. The lowest BCUT2D eigenvalue weighted by Gasteiger charge is -2.21.